The second-order valence-corrected chi connectivity index (χ2v) is 8.72. The van der Waals surface area contributed by atoms with Crippen LogP contribution >= 0.6 is 0 Å². The van der Waals surface area contributed by atoms with Crippen LogP contribution in [0.5, 0.6) is 0 Å². The fourth-order valence-corrected chi connectivity index (χ4v) is 6.43. The van der Waals surface area contributed by atoms with Gasteiger partial charge in [0.15, 0.2) is 0 Å². The van der Waals surface area contributed by atoms with Gasteiger partial charge < -0.3 is 0 Å². The van der Waals surface area contributed by atoms with Crippen LogP contribution in [0.2, 0.25) is 0 Å². The van der Waals surface area contributed by atoms with Crippen molar-refractivity contribution in [3.8, 4) is 0 Å². The normalized spacial score (nSPS) is 43.6. The maximum absolute atomic E-state index is 14.7. The number of hydrogen-bond acceptors (Lipinski definition) is 2. The molecule has 0 aromatic carbocycles. The molecule has 3 saturated carbocycles. The zero-order valence-corrected chi connectivity index (χ0v) is 12.4. The molecular formula is C14H16F4O3S. The fourth-order valence-electron chi connectivity index (χ4n) is 5.90. The number of hydrogen-bond donors (Lipinski definition) is 1. The highest BCUT2D eigenvalue weighted by Crippen LogP contribution is 2.76. The monoisotopic (exact) mass is 340 g/mol. The van der Waals surface area contributed by atoms with Crippen LogP contribution in [0, 0.1) is 29.1 Å². The van der Waals surface area contributed by atoms with E-state index >= 15 is 0 Å². The molecule has 1 N–H and O–H groups in total. The lowest BCUT2D eigenvalue weighted by Gasteiger charge is -2.46. The molecule has 0 aromatic rings. The molecule has 22 heavy (non-hydrogen) atoms. The smallest absolute Gasteiger partial charge is 0.281 e. The topological polar surface area (TPSA) is 54.4 Å². The Labute approximate surface area is 125 Å². The average molecular weight is 340 g/mol. The van der Waals surface area contributed by atoms with Gasteiger partial charge in [-0.15, -0.1) is 0 Å². The summed E-state index contributed by atoms with van der Waals surface area (Å²) in [6.07, 6.45) is 3.55. The third kappa shape index (κ3) is 1.40. The lowest BCUT2D eigenvalue weighted by molar-refractivity contribution is -0.246. The summed E-state index contributed by atoms with van der Waals surface area (Å²) in [5, 5.41) is -5.44. The molecular weight excluding hydrogens is 324 g/mol. The molecule has 0 heterocycles. The lowest BCUT2D eigenvalue weighted by atomic mass is 9.63. The van der Waals surface area contributed by atoms with E-state index in [4.69, 9.17) is 4.55 Å². The van der Waals surface area contributed by atoms with Crippen molar-refractivity contribution >= 4 is 10.1 Å². The van der Waals surface area contributed by atoms with Crippen LogP contribution in [0.4, 0.5) is 17.6 Å². The minimum atomic E-state index is -6.17. The predicted octanol–water partition coefficient (Wildman–Crippen LogP) is 3.48. The van der Waals surface area contributed by atoms with E-state index in [2.05, 4.69) is 0 Å². The lowest BCUT2D eigenvalue weighted by Crippen LogP contribution is -2.59. The van der Waals surface area contributed by atoms with Gasteiger partial charge in [0, 0.05) is 5.41 Å². The van der Waals surface area contributed by atoms with Crippen molar-refractivity contribution < 1.29 is 30.5 Å². The molecule has 4 rings (SSSR count). The average Bonchev–Trinajstić information content (AvgIpc) is 3.15. The van der Waals surface area contributed by atoms with Crippen LogP contribution in [0.3, 0.4) is 0 Å². The SMILES string of the molecule is O=S(=O)(O)C(F)(F)C(F)(F)C12CCC(C1)C1C3=CCC(C3)C12. The number of fused-ring (bicyclic) bond motifs is 9. The van der Waals surface area contributed by atoms with Crippen molar-refractivity contribution in [1.29, 1.82) is 0 Å². The molecule has 3 fully saturated rings. The first-order chi connectivity index (χ1) is 10.0. The molecule has 4 aliphatic rings. The molecule has 0 aliphatic heterocycles. The first-order valence-corrected chi connectivity index (χ1v) is 8.88. The molecule has 8 heteroatoms. The van der Waals surface area contributed by atoms with Gasteiger partial charge in [0.2, 0.25) is 0 Å². The van der Waals surface area contributed by atoms with Crippen molar-refractivity contribution in [1.82, 2.24) is 0 Å². The van der Waals surface area contributed by atoms with E-state index in [0.717, 1.165) is 5.57 Å². The second-order valence-electron chi connectivity index (χ2n) is 7.26. The van der Waals surface area contributed by atoms with Gasteiger partial charge in [-0.1, -0.05) is 11.6 Å². The first-order valence-electron chi connectivity index (χ1n) is 7.44. The standard InChI is InChI=1S/C14H16F4O3S/c15-13(16,14(17,18)22(19,20)21)12-4-3-9(6-12)10-7-1-2-8(5-7)11(10)12/h1,8-11H,2-6H2,(H,19,20,21). The Bertz CT molecular complexity index is 672. The molecule has 5 atom stereocenters. The van der Waals surface area contributed by atoms with Crippen molar-refractivity contribution in [2.45, 2.75) is 43.3 Å². The van der Waals surface area contributed by atoms with Crippen LogP contribution in [-0.4, -0.2) is 24.1 Å². The van der Waals surface area contributed by atoms with Gasteiger partial charge in [0.05, 0.1) is 0 Å². The summed E-state index contributed by atoms with van der Waals surface area (Å²) in [5.74, 6) is -5.60. The van der Waals surface area contributed by atoms with Crippen molar-refractivity contribution in [2.24, 2.45) is 29.1 Å². The third-order valence-corrected chi connectivity index (χ3v) is 7.46. The minimum absolute atomic E-state index is 0.0652. The van der Waals surface area contributed by atoms with Gasteiger partial charge in [-0.3, -0.25) is 4.55 Å². The van der Waals surface area contributed by atoms with Gasteiger partial charge in [-0.2, -0.15) is 26.0 Å². The zero-order chi connectivity index (χ0) is 16.1. The molecule has 0 spiro atoms. The summed E-state index contributed by atoms with van der Waals surface area (Å²) in [6.45, 7) is 0. The van der Waals surface area contributed by atoms with E-state index in [9.17, 15) is 26.0 Å². The Kier molecular flexibility index (Phi) is 2.63. The molecule has 4 bridgehead atoms. The van der Waals surface area contributed by atoms with Crippen LogP contribution in [0.1, 0.15) is 32.1 Å². The van der Waals surface area contributed by atoms with Gasteiger partial charge in [0.1, 0.15) is 0 Å². The molecule has 0 aromatic heterocycles. The zero-order valence-electron chi connectivity index (χ0n) is 11.6. The maximum atomic E-state index is 14.7. The quantitative estimate of drug-likeness (QED) is 0.370. The fraction of sp³-hybridized carbons (Fsp3) is 0.857. The molecule has 3 nitrogen and oxygen atoms in total. The highest BCUT2D eigenvalue weighted by Gasteiger charge is 2.81. The largest absolute Gasteiger partial charge is 0.432 e. The van der Waals surface area contributed by atoms with E-state index < -0.39 is 32.6 Å². The summed E-state index contributed by atoms with van der Waals surface area (Å²) < 4.78 is 87.7. The maximum Gasteiger partial charge on any atom is 0.432 e. The summed E-state index contributed by atoms with van der Waals surface area (Å²) in [5.41, 5.74) is -0.921. The van der Waals surface area contributed by atoms with Gasteiger partial charge in [-0.25, -0.2) is 0 Å². The van der Waals surface area contributed by atoms with Crippen molar-refractivity contribution in [2.75, 3.05) is 0 Å². The highest BCUT2D eigenvalue weighted by molar-refractivity contribution is 7.87. The first kappa shape index (κ1) is 14.9. The highest BCUT2D eigenvalue weighted by atomic mass is 32.2. The summed E-state index contributed by atoms with van der Waals surface area (Å²) in [6, 6.07) is 0. The Morgan fingerprint density at radius 2 is 1.91 bits per heavy atom. The molecule has 5 unspecified atom stereocenters. The van der Waals surface area contributed by atoms with E-state index in [1.165, 1.54) is 0 Å². The Balaban J connectivity index is 1.84. The summed E-state index contributed by atoms with van der Waals surface area (Å²) >= 11 is 0. The second kappa shape index (κ2) is 3.88. The summed E-state index contributed by atoms with van der Waals surface area (Å²) in [7, 11) is -6.17. The van der Waals surface area contributed by atoms with Gasteiger partial charge >= 0.3 is 21.3 Å². The molecule has 0 saturated heterocycles. The van der Waals surface area contributed by atoms with Crippen molar-refractivity contribution in [3.05, 3.63) is 11.6 Å². The number of allylic oxidation sites excluding steroid dienone is 2. The number of alkyl halides is 4. The van der Waals surface area contributed by atoms with Gasteiger partial charge in [-0.05, 0) is 55.8 Å². The van der Waals surface area contributed by atoms with Crippen LogP contribution in [0.25, 0.3) is 0 Å². The van der Waals surface area contributed by atoms with Crippen LogP contribution in [0.15, 0.2) is 11.6 Å². The van der Waals surface area contributed by atoms with Crippen molar-refractivity contribution in [3.63, 3.8) is 0 Å². The number of halogens is 4. The van der Waals surface area contributed by atoms with Crippen LogP contribution in [-0.2, 0) is 10.1 Å². The van der Waals surface area contributed by atoms with E-state index in [-0.39, 0.29) is 30.6 Å². The number of rotatable bonds is 3. The molecule has 0 radical (unpaired) electrons. The molecule has 0 amide bonds. The summed E-state index contributed by atoms with van der Waals surface area (Å²) in [4.78, 5) is 0. The third-order valence-electron chi connectivity index (χ3n) is 6.55. The Morgan fingerprint density at radius 1 is 1.23 bits per heavy atom. The van der Waals surface area contributed by atoms with Gasteiger partial charge in [0.25, 0.3) is 0 Å². The van der Waals surface area contributed by atoms with Crippen LogP contribution < -0.4 is 0 Å². The molecule has 4 aliphatic carbocycles. The predicted molar refractivity (Wildman–Crippen MR) is 69.0 cm³/mol. The van der Waals surface area contributed by atoms with E-state index in [1.807, 2.05) is 6.08 Å². The molecule has 124 valence electrons. The van der Waals surface area contributed by atoms with E-state index in [0.29, 0.717) is 19.3 Å². The minimum Gasteiger partial charge on any atom is -0.281 e. The Hall–Kier alpha value is -0.630. The van der Waals surface area contributed by atoms with E-state index in [1.54, 1.807) is 0 Å². The Morgan fingerprint density at radius 3 is 2.55 bits per heavy atom.